The zero-order valence-corrected chi connectivity index (χ0v) is 13.4. The SMILES string of the molecule is Nc1cccc(-c2ccc(-n3cnc4cc(C(F)(F)F)ccc43)cc2)n1. The minimum atomic E-state index is -4.38. The van der Waals surface area contributed by atoms with Crippen LogP contribution in [0.5, 0.6) is 0 Å². The Morgan fingerprint density at radius 1 is 0.923 bits per heavy atom. The predicted molar refractivity (Wildman–Crippen MR) is 93.7 cm³/mol. The molecule has 0 saturated heterocycles. The number of rotatable bonds is 2. The van der Waals surface area contributed by atoms with Crippen LogP contribution < -0.4 is 5.73 Å². The lowest BCUT2D eigenvalue weighted by Gasteiger charge is -2.08. The van der Waals surface area contributed by atoms with Crippen LogP contribution in [0.4, 0.5) is 19.0 Å². The Kier molecular flexibility index (Phi) is 3.64. The summed E-state index contributed by atoms with van der Waals surface area (Å²) in [5, 5.41) is 0. The highest BCUT2D eigenvalue weighted by Gasteiger charge is 2.30. The van der Waals surface area contributed by atoms with E-state index in [-0.39, 0.29) is 0 Å². The van der Waals surface area contributed by atoms with Crippen molar-refractivity contribution in [1.29, 1.82) is 0 Å². The summed E-state index contributed by atoms with van der Waals surface area (Å²) in [5.74, 6) is 0.438. The third-order valence-electron chi connectivity index (χ3n) is 4.09. The number of halogens is 3. The molecule has 0 radical (unpaired) electrons. The van der Waals surface area contributed by atoms with Gasteiger partial charge in [-0.25, -0.2) is 9.97 Å². The van der Waals surface area contributed by atoms with Crippen molar-refractivity contribution < 1.29 is 13.2 Å². The Labute approximate surface area is 146 Å². The largest absolute Gasteiger partial charge is 0.416 e. The number of nitrogens with zero attached hydrogens (tertiary/aromatic N) is 3. The number of anilines is 1. The van der Waals surface area contributed by atoms with E-state index in [1.165, 1.54) is 12.4 Å². The molecule has 2 aromatic heterocycles. The Balaban J connectivity index is 1.72. The van der Waals surface area contributed by atoms with Gasteiger partial charge in [-0.3, -0.25) is 4.57 Å². The maximum Gasteiger partial charge on any atom is 0.416 e. The molecule has 2 aromatic carbocycles. The molecule has 0 saturated carbocycles. The van der Waals surface area contributed by atoms with Gasteiger partial charge in [0.25, 0.3) is 0 Å². The van der Waals surface area contributed by atoms with Crippen LogP contribution in [-0.4, -0.2) is 14.5 Å². The van der Waals surface area contributed by atoms with E-state index >= 15 is 0 Å². The number of alkyl halides is 3. The van der Waals surface area contributed by atoms with Crippen LogP contribution in [0, 0.1) is 0 Å². The molecule has 4 nitrogen and oxygen atoms in total. The smallest absolute Gasteiger partial charge is 0.384 e. The van der Waals surface area contributed by atoms with Gasteiger partial charge >= 0.3 is 6.18 Å². The molecule has 0 aliphatic rings. The molecule has 130 valence electrons. The molecule has 7 heteroatoms. The van der Waals surface area contributed by atoms with Gasteiger partial charge in [-0.15, -0.1) is 0 Å². The molecule has 0 amide bonds. The second-order valence-corrected chi connectivity index (χ2v) is 5.81. The van der Waals surface area contributed by atoms with E-state index in [9.17, 15) is 13.2 Å². The summed E-state index contributed by atoms with van der Waals surface area (Å²) in [6, 6.07) is 16.4. The average Bonchev–Trinajstić information content (AvgIpc) is 3.04. The third kappa shape index (κ3) is 2.88. The fourth-order valence-corrected chi connectivity index (χ4v) is 2.80. The van der Waals surface area contributed by atoms with E-state index < -0.39 is 11.7 Å². The first-order valence-electron chi connectivity index (χ1n) is 7.79. The molecule has 0 unspecified atom stereocenters. The van der Waals surface area contributed by atoms with E-state index in [2.05, 4.69) is 9.97 Å². The number of pyridine rings is 1. The summed E-state index contributed by atoms with van der Waals surface area (Å²) in [4.78, 5) is 8.37. The zero-order chi connectivity index (χ0) is 18.3. The van der Waals surface area contributed by atoms with E-state index in [1.54, 1.807) is 10.6 Å². The van der Waals surface area contributed by atoms with Gasteiger partial charge in [0.2, 0.25) is 0 Å². The molecule has 0 atom stereocenters. The van der Waals surface area contributed by atoms with Crippen molar-refractivity contribution in [3.63, 3.8) is 0 Å². The molecule has 2 N–H and O–H groups in total. The number of hydrogen-bond acceptors (Lipinski definition) is 3. The number of nitrogen functional groups attached to an aromatic ring is 1. The summed E-state index contributed by atoms with van der Waals surface area (Å²) in [7, 11) is 0. The minimum Gasteiger partial charge on any atom is -0.384 e. The van der Waals surface area contributed by atoms with Crippen molar-refractivity contribution in [1.82, 2.24) is 14.5 Å². The molecule has 0 aliphatic heterocycles. The van der Waals surface area contributed by atoms with Crippen molar-refractivity contribution >= 4 is 16.9 Å². The van der Waals surface area contributed by atoms with Crippen molar-refractivity contribution in [2.45, 2.75) is 6.18 Å². The van der Waals surface area contributed by atoms with Crippen LogP contribution in [0.3, 0.4) is 0 Å². The Morgan fingerprint density at radius 2 is 1.69 bits per heavy atom. The van der Waals surface area contributed by atoms with Crippen molar-refractivity contribution in [2.75, 3.05) is 5.73 Å². The number of aromatic nitrogens is 3. The summed E-state index contributed by atoms with van der Waals surface area (Å²) in [6.45, 7) is 0. The maximum absolute atomic E-state index is 12.8. The molecule has 0 bridgehead atoms. The maximum atomic E-state index is 12.8. The average molecular weight is 354 g/mol. The molecule has 4 aromatic rings. The molecular formula is C19H13F3N4. The van der Waals surface area contributed by atoms with E-state index in [4.69, 9.17) is 5.73 Å². The first-order chi connectivity index (χ1) is 12.4. The highest BCUT2D eigenvalue weighted by Crippen LogP contribution is 2.31. The van der Waals surface area contributed by atoms with E-state index in [0.717, 1.165) is 29.1 Å². The Hall–Kier alpha value is -3.35. The summed E-state index contributed by atoms with van der Waals surface area (Å²) in [6.07, 6.45) is -2.87. The van der Waals surface area contributed by atoms with Gasteiger partial charge in [-0.05, 0) is 42.5 Å². The highest BCUT2D eigenvalue weighted by molar-refractivity contribution is 5.78. The lowest BCUT2D eigenvalue weighted by Crippen LogP contribution is -2.04. The number of benzene rings is 2. The molecule has 26 heavy (non-hydrogen) atoms. The summed E-state index contributed by atoms with van der Waals surface area (Å²) in [5.41, 5.74) is 8.33. The molecule has 0 aliphatic carbocycles. The van der Waals surface area contributed by atoms with Crippen molar-refractivity contribution in [3.05, 3.63) is 72.6 Å². The van der Waals surface area contributed by atoms with Crippen LogP contribution in [0.1, 0.15) is 5.56 Å². The summed E-state index contributed by atoms with van der Waals surface area (Å²) < 4.78 is 40.2. The van der Waals surface area contributed by atoms with Gasteiger partial charge in [-0.1, -0.05) is 18.2 Å². The molecule has 0 spiro atoms. The lowest BCUT2D eigenvalue weighted by molar-refractivity contribution is -0.137. The number of hydrogen-bond donors (Lipinski definition) is 1. The highest BCUT2D eigenvalue weighted by atomic mass is 19.4. The standard InChI is InChI=1S/C19H13F3N4/c20-19(21,22)13-6-9-17-16(10-13)24-11-26(17)14-7-4-12(5-8-14)15-2-1-3-18(23)25-15/h1-11H,(H2,23,25). The molecular weight excluding hydrogens is 341 g/mol. The van der Waals surface area contributed by atoms with Crippen molar-refractivity contribution in [2.24, 2.45) is 0 Å². The van der Waals surface area contributed by atoms with Gasteiger partial charge in [0.15, 0.2) is 0 Å². The minimum absolute atomic E-state index is 0.293. The lowest BCUT2D eigenvalue weighted by atomic mass is 10.1. The predicted octanol–water partition coefficient (Wildman–Crippen LogP) is 4.69. The van der Waals surface area contributed by atoms with Gasteiger partial charge in [0.05, 0.1) is 22.3 Å². The first-order valence-corrected chi connectivity index (χ1v) is 7.79. The number of imidazole rings is 1. The number of fused-ring (bicyclic) bond motifs is 1. The fraction of sp³-hybridized carbons (Fsp3) is 0.0526. The summed E-state index contributed by atoms with van der Waals surface area (Å²) >= 11 is 0. The monoisotopic (exact) mass is 354 g/mol. The Morgan fingerprint density at radius 3 is 2.38 bits per heavy atom. The first kappa shape index (κ1) is 16.1. The van der Waals surface area contributed by atoms with E-state index in [1.807, 2.05) is 36.4 Å². The van der Waals surface area contributed by atoms with Gasteiger partial charge in [-0.2, -0.15) is 13.2 Å². The van der Waals surface area contributed by atoms with Crippen LogP contribution in [0.15, 0.2) is 67.0 Å². The molecule has 2 heterocycles. The van der Waals surface area contributed by atoms with Crippen LogP contribution >= 0.6 is 0 Å². The molecule has 0 fully saturated rings. The normalized spacial score (nSPS) is 11.8. The Bertz CT molecular complexity index is 1080. The van der Waals surface area contributed by atoms with Gasteiger partial charge in [0, 0.05) is 11.3 Å². The quantitative estimate of drug-likeness (QED) is 0.568. The second-order valence-electron chi connectivity index (χ2n) is 5.81. The zero-order valence-electron chi connectivity index (χ0n) is 13.4. The molecule has 4 rings (SSSR count). The second kappa shape index (κ2) is 5.87. The van der Waals surface area contributed by atoms with Gasteiger partial charge in [0.1, 0.15) is 12.1 Å². The third-order valence-corrected chi connectivity index (χ3v) is 4.09. The number of nitrogens with two attached hydrogens (primary N) is 1. The van der Waals surface area contributed by atoms with Crippen molar-refractivity contribution in [3.8, 4) is 16.9 Å². The van der Waals surface area contributed by atoms with E-state index in [0.29, 0.717) is 16.9 Å². The van der Waals surface area contributed by atoms with Crippen LogP contribution in [-0.2, 0) is 6.18 Å². The van der Waals surface area contributed by atoms with Crippen LogP contribution in [0.2, 0.25) is 0 Å². The van der Waals surface area contributed by atoms with Crippen LogP contribution in [0.25, 0.3) is 28.0 Å². The van der Waals surface area contributed by atoms with Gasteiger partial charge < -0.3 is 5.73 Å². The topological polar surface area (TPSA) is 56.7 Å². The fourth-order valence-electron chi connectivity index (χ4n) is 2.80.